The number of nitrogens with zero attached hydrogens (tertiary/aromatic N) is 3. The number of fused-ring (bicyclic) bond motifs is 1. The van der Waals surface area contributed by atoms with Crippen molar-refractivity contribution in [3.8, 4) is 0 Å². The summed E-state index contributed by atoms with van der Waals surface area (Å²) in [5.74, 6) is 0.256. The predicted octanol–water partition coefficient (Wildman–Crippen LogP) is 0.892. The quantitative estimate of drug-likeness (QED) is 0.801. The summed E-state index contributed by atoms with van der Waals surface area (Å²) in [6.45, 7) is 5.90. The van der Waals surface area contributed by atoms with Gasteiger partial charge in [-0.2, -0.15) is 0 Å². The zero-order chi connectivity index (χ0) is 11.9. The molecule has 0 amide bonds. The van der Waals surface area contributed by atoms with Crippen molar-refractivity contribution in [3.63, 3.8) is 0 Å². The SMILES string of the molecule is CC(C)c1nnc2n1NC(C)C(C(=O)O)S2. The molecule has 2 unspecified atom stereocenters. The van der Waals surface area contributed by atoms with E-state index in [-0.39, 0.29) is 12.0 Å². The number of rotatable bonds is 2. The average Bonchev–Trinajstić information content (AvgIpc) is 2.58. The first-order valence-electron chi connectivity index (χ1n) is 5.12. The monoisotopic (exact) mass is 242 g/mol. The number of hydrogen-bond donors (Lipinski definition) is 2. The molecule has 2 rings (SSSR count). The highest BCUT2D eigenvalue weighted by Gasteiger charge is 2.34. The van der Waals surface area contributed by atoms with Crippen LogP contribution in [-0.2, 0) is 4.79 Å². The van der Waals surface area contributed by atoms with E-state index in [9.17, 15) is 4.79 Å². The molecule has 0 aromatic carbocycles. The highest BCUT2D eigenvalue weighted by Crippen LogP contribution is 2.30. The fourth-order valence-electron chi connectivity index (χ4n) is 1.60. The Morgan fingerprint density at radius 3 is 2.81 bits per heavy atom. The van der Waals surface area contributed by atoms with E-state index in [1.54, 1.807) is 4.68 Å². The van der Waals surface area contributed by atoms with Crippen molar-refractivity contribution in [2.24, 2.45) is 0 Å². The molecule has 0 spiro atoms. The molecule has 1 aliphatic heterocycles. The Morgan fingerprint density at radius 2 is 2.25 bits per heavy atom. The third-order valence-electron chi connectivity index (χ3n) is 2.44. The van der Waals surface area contributed by atoms with Crippen LogP contribution in [0.25, 0.3) is 0 Å². The molecule has 16 heavy (non-hydrogen) atoms. The second-order valence-electron chi connectivity index (χ2n) is 4.13. The maximum Gasteiger partial charge on any atom is 0.319 e. The van der Waals surface area contributed by atoms with E-state index >= 15 is 0 Å². The van der Waals surface area contributed by atoms with Gasteiger partial charge in [0.25, 0.3) is 0 Å². The molecule has 0 saturated heterocycles. The Kier molecular flexibility index (Phi) is 2.79. The van der Waals surface area contributed by atoms with E-state index in [2.05, 4.69) is 15.6 Å². The molecule has 1 aromatic heterocycles. The molecule has 7 heteroatoms. The van der Waals surface area contributed by atoms with E-state index in [0.717, 1.165) is 5.82 Å². The van der Waals surface area contributed by atoms with Crippen molar-refractivity contribution in [1.82, 2.24) is 14.9 Å². The molecule has 0 saturated carbocycles. The van der Waals surface area contributed by atoms with Crippen LogP contribution in [0.1, 0.15) is 32.5 Å². The first-order chi connectivity index (χ1) is 7.50. The summed E-state index contributed by atoms with van der Waals surface area (Å²) in [5.41, 5.74) is 3.11. The molecular weight excluding hydrogens is 228 g/mol. The molecule has 1 aliphatic rings. The van der Waals surface area contributed by atoms with Gasteiger partial charge in [-0.25, -0.2) is 4.68 Å². The van der Waals surface area contributed by atoms with Crippen LogP contribution in [-0.4, -0.2) is 37.2 Å². The van der Waals surface area contributed by atoms with E-state index in [1.165, 1.54) is 11.8 Å². The molecule has 88 valence electrons. The molecule has 1 aromatic rings. The molecular formula is C9H14N4O2S. The van der Waals surface area contributed by atoms with Crippen LogP contribution in [0.3, 0.4) is 0 Å². The highest BCUT2D eigenvalue weighted by atomic mass is 32.2. The Bertz CT molecular complexity index is 418. The molecule has 0 bridgehead atoms. The van der Waals surface area contributed by atoms with Crippen LogP contribution in [0, 0.1) is 0 Å². The lowest BCUT2D eigenvalue weighted by atomic mass is 10.2. The fourth-order valence-corrected chi connectivity index (χ4v) is 2.54. The van der Waals surface area contributed by atoms with Gasteiger partial charge < -0.3 is 10.5 Å². The smallest absolute Gasteiger partial charge is 0.319 e. The number of aliphatic carboxylic acids is 1. The van der Waals surface area contributed by atoms with E-state index in [1.807, 2.05) is 20.8 Å². The van der Waals surface area contributed by atoms with Crippen molar-refractivity contribution < 1.29 is 9.90 Å². The molecule has 0 aliphatic carbocycles. The molecule has 2 heterocycles. The lowest BCUT2D eigenvalue weighted by molar-refractivity contribution is -0.136. The second-order valence-corrected chi connectivity index (χ2v) is 5.23. The summed E-state index contributed by atoms with van der Waals surface area (Å²) in [7, 11) is 0. The second kappa shape index (κ2) is 3.97. The third-order valence-corrected chi connectivity index (χ3v) is 3.78. The summed E-state index contributed by atoms with van der Waals surface area (Å²) in [4.78, 5) is 11.0. The molecule has 6 nitrogen and oxygen atoms in total. The average molecular weight is 242 g/mol. The van der Waals surface area contributed by atoms with Crippen LogP contribution in [0.2, 0.25) is 0 Å². The van der Waals surface area contributed by atoms with Gasteiger partial charge in [0.2, 0.25) is 5.16 Å². The number of carbonyl (C=O) groups is 1. The molecule has 0 radical (unpaired) electrons. The number of aromatic nitrogens is 3. The summed E-state index contributed by atoms with van der Waals surface area (Å²) in [5, 5.41) is 17.2. The van der Waals surface area contributed by atoms with E-state index < -0.39 is 11.2 Å². The molecule has 2 N–H and O–H groups in total. The van der Waals surface area contributed by atoms with Crippen LogP contribution < -0.4 is 5.43 Å². The topological polar surface area (TPSA) is 80.0 Å². The predicted molar refractivity (Wildman–Crippen MR) is 60.2 cm³/mol. The number of thioether (sulfide) groups is 1. The zero-order valence-electron chi connectivity index (χ0n) is 9.34. The largest absolute Gasteiger partial charge is 0.480 e. The van der Waals surface area contributed by atoms with Gasteiger partial charge in [0.15, 0.2) is 5.82 Å². The molecule has 0 fully saturated rings. The Morgan fingerprint density at radius 1 is 1.56 bits per heavy atom. The first-order valence-corrected chi connectivity index (χ1v) is 6.00. The highest BCUT2D eigenvalue weighted by molar-refractivity contribution is 8.00. The lowest BCUT2D eigenvalue weighted by Crippen LogP contribution is -2.43. The number of hydrogen-bond acceptors (Lipinski definition) is 5. The van der Waals surface area contributed by atoms with Gasteiger partial charge >= 0.3 is 5.97 Å². The van der Waals surface area contributed by atoms with Crippen molar-refractivity contribution in [1.29, 1.82) is 0 Å². The minimum absolute atomic E-state index is 0.150. The maximum absolute atomic E-state index is 11.0. The zero-order valence-corrected chi connectivity index (χ0v) is 10.2. The first kappa shape index (κ1) is 11.3. The Labute approximate surface area is 97.4 Å². The van der Waals surface area contributed by atoms with Crippen molar-refractivity contribution >= 4 is 17.7 Å². The van der Waals surface area contributed by atoms with E-state index in [4.69, 9.17) is 5.11 Å². The van der Waals surface area contributed by atoms with Gasteiger partial charge in [-0.1, -0.05) is 25.6 Å². The summed E-state index contributed by atoms with van der Waals surface area (Å²) in [6.07, 6.45) is 0. The van der Waals surface area contributed by atoms with Gasteiger partial charge in [-0.05, 0) is 6.92 Å². The number of nitrogens with one attached hydrogen (secondary N) is 1. The number of carboxylic acids is 1. The minimum Gasteiger partial charge on any atom is -0.480 e. The standard InChI is InChI=1S/C9H14N4O2S/c1-4(2)7-10-11-9-13(7)12-5(3)6(16-9)8(14)15/h4-6,12H,1-3H3,(H,14,15). The van der Waals surface area contributed by atoms with Gasteiger partial charge in [-0.3, -0.25) is 4.79 Å². The molecule has 2 atom stereocenters. The minimum atomic E-state index is -0.828. The van der Waals surface area contributed by atoms with Crippen LogP contribution >= 0.6 is 11.8 Å². The Hall–Kier alpha value is -1.24. The van der Waals surface area contributed by atoms with Crippen molar-refractivity contribution in [3.05, 3.63) is 5.82 Å². The summed E-state index contributed by atoms with van der Waals surface area (Å²) in [6, 6.07) is -0.150. The normalized spacial score (nSPS) is 24.0. The van der Waals surface area contributed by atoms with Gasteiger partial charge in [-0.15, -0.1) is 10.2 Å². The van der Waals surface area contributed by atoms with Crippen LogP contribution in [0.5, 0.6) is 0 Å². The van der Waals surface area contributed by atoms with Crippen LogP contribution in [0.4, 0.5) is 0 Å². The summed E-state index contributed by atoms with van der Waals surface area (Å²) < 4.78 is 1.79. The van der Waals surface area contributed by atoms with Crippen LogP contribution in [0.15, 0.2) is 5.16 Å². The summed E-state index contributed by atoms with van der Waals surface area (Å²) >= 11 is 1.24. The third kappa shape index (κ3) is 1.75. The van der Waals surface area contributed by atoms with Gasteiger partial charge in [0.1, 0.15) is 5.25 Å². The van der Waals surface area contributed by atoms with Crippen molar-refractivity contribution in [2.75, 3.05) is 5.43 Å². The van der Waals surface area contributed by atoms with Gasteiger partial charge in [0, 0.05) is 5.92 Å². The lowest BCUT2D eigenvalue weighted by Gasteiger charge is -2.28. The Balaban J connectivity index is 2.33. The number of carboxylic acid groups (broad SMARTS) is 1. The maximum atomic E-state index is 11.0. The van der Waals surface area contributed by atoms with E-state index in [0.29, 0.717) is 5.16 Å². The fraction of sp³-hybridized carbons (Fsp3) is 0.667. The van der Waals surface area contributed by atoms with Gasteiger partial charge in [0.05, 0.1) is 6.04 Å². The van der Waals surface area contributed by atoms with Crippen molar-refractivity contribution in [2.45, 2.75) is 43.1 Å².